The van der Waals surface area contributed by atoms with Crippen LogP contribution in [0.4, 0.5) is 0 Å². The minimum atomic E-state index is -1.24. The average molecular weight is 481 g/mol. The lowest BCUT2D eigenvalue weighted by Crippen LogP contribution is -2.55. The monoisotopic (exact) mass is 480 g/mol. The van der Waals surface area contributed by atoms with Gasteiger partial charge in [0.2, 0.25) is 11.8 Å². The molecule has 35 heavy (non-hydrogen) atoms. The van der Waals surface area contributed by atoms with E-state index in [0.717, 1.165) is 12.0 Å². The van der Waals surface area contributed by atoms with Crippen molar-refractivity contribution in [2.24, 2.45) is 11.8 Å². The van der Waals surface area contributed by atoms with Crippen molar-refractivity contribution >= 4 is 17.8 Å². The van der Waals surface area contributed by atoms with Crippen molar-refractivity contribution in [3.8, 4) is 0 Å². The topological polar surface area (TPSA) is 96.4 Å². The van der Waals surface area contributed by atoms with Gasteiger partial charge in [0.15, 0.2) is 0 Å². The number of cyclic esters (lactones) is 1. The number of ether oxygens (including phenoxy) is 2. The Kier molecular flexibility index (Phi) is 6.75. The number of aliphatic hydroxyl groups excluding tert-OH is 1. The van der Waals surface area contributed by atoms with Gasteiger partial charge in [-0.05, 0) is 31.2 Å². The first kappa shape index (κ1) is 23.8. The zero-order valence-corrected chi connectivity index (χ0v) is 19.8. The first-order valence-corrected chi connectivity index (χ1v) is 12.5. The van der Waals surface area contributed by atoms with Gasteiger partial charge < -0.3 is 24.4 Å². The van der Waals surface area contributed by atoms with Crippen LogP contribution in [-0.2, 0) is 30.4 Å². The number of benzene rings is 1. The average Bonchev–Trinajstić information content (AvgIpc) is 3.27. The van der Waals surface area contributed by atoms with Gasteiger partial charge in [0.1, 0.15) is 17.6 Å². The number of hydrogen-bond donors (Lipinski definition) is 1. The third-order valence-electron chi connectivity index (χ3n) is 7.46. The van der Waals surface area contributed by atoms with Crippen molar-refractivity contribution < 1.29 is 29.0 Å². The molecule has 186 valence electrons. The SMILES string of the molecule is O=C1OCCC/C=C\[C@H]2O[C@]34C=CCN(Cc5ccccc5)C(=O)C3N(CCCCO)C(=O)[C@@H]4[C@@H]12. The molecule has 5 rings (SSSR count). The van der Waals surface area contributed by atoms with Crippen LogP contribution in [0.5, 0.6) is 0 Å². The Hall–Kier alpha value is -2.97. The number of allylic oxidation sites excluding steroid dienone is 1. The first-order valence-electron chi connectivity index (χ1n) is 12.5. The van der Waals surface area contributed by atoms with E-state index in [2.05, 4.69) is 0 Å². The number of amides is 2. The van der Waals surface area contributed by atoms with Gasteiger partial charge in [0.05, 0.1) is 18.6 Å². The van der Waals surface area contributed by atoms with Crippen molar-refractivity contribution in [1.82, 2.24) is 9.80 Å². The van der Waals surface area contributed by atoms with Crippen LogP contribution in [0.1, 0.15) is 31.2 Å². The Balaban J connectivity index is 1.54. The fourth-order valence-corrected chi connectivity index (χ4v) is 5.88. The van der Waals surface area contributed by atoms with Gasteiger partial charge in [-0.25, -0.2) is 0 Å². The Morgan fingerprint density at radius 1 is 1.06 bits per heavy atom. The minimum Gasteiger partial charge on any atom is -0.465 e. The smallest absolute Gasteiger partial charge is 0.312 e. The zero-order chi connectivity index (χ0) is 24.4. The summed E-state index contributed by atoms with van der Waals surface area (Å²) in [5.74, 6) is -2.54. The third-order valence-corrected chi connectivity index (χ3v) is 7.46. The van der Waals surface area contributed by atoms with Crippen LogP contribution in [-0.4, -0.2) is 76.7 Å². The second kappa shape index (κ2) is 9.95. The van der Waals surface area contributed by atoms with Crippen LogP contribution < -0.4 is 0 Å². The molecule has 1 unspecified atom stereocenters. The van der Waals surface area contributed by atoms with E-state index >= 15 is 0 Å². The molecule has 5 atom stereocenters. The third kappa shape index (κ3) is 4.19. The largest absolute Gasteiger partial charge is 0.465 e. The van der Waals surface area contributed by atoms with E-state index in [9.17, 15) is 19.5 Å². The number of likely N-dealkylation sites (tertiary alicyclic amines) is 1. The summed E-state index contributed by atoms with van der Waals surface area (Å²) in [5, 5.41) is 9.29. The van der Waals surface area contributed by atoms with E-state index in [0.29, 0.717) is 45.5 Å². The molecule has 4 aliphatic rings. The first-order chi connectivity index (χ1) is 17.1. The molecule has 2 fully saturated rings. The van der Waals surface area contributed by atoms with E-state index in [1.807, 2.05) is 54.6 Å². The molecule has 0 aliphatic carbocycles. The molecular formula is C27H32N2O6. The van der Waals surface area contributed by atoms with E-state index in [1.54, 1.807) is 9.80 Å². The van der Waals surface area contributed by atoms with E-state index in [1.165, 1.54) is 0 Å². The number of hydrogen-bond acceptors (Lipinski definition) is 6. The summed E-state index contributed by atoms with van der Waals surface area (Å²) in [7, 11) is 0. The highest BCUT2D eigenvalue weighted by Gasteiger charge is 2.71. The minimum absolute atomic E-state index is 0.00751. The summed E-state index contributed by atoms with van der Waals surface area (Å²) >= 11 is 0. The fraction of sp³-hybridized carbons (Fsp3) is 0.519. The Labute approximate surface area is 205 Å². The van der Waals surface area contributed by atoms with Crippen LogP contribution >= 0.6 is 0 Å². The van der Waals surface area contributed by atoms with E-state index in [4.69, 9.17) is 9.47 Å². The summed E-state index contributed by atoms with van der Waals surface area (Å²) in [6.07, 6.45) is 9.47. The second-order valence-corrected chi connectivity index (χ2v) is 9.65. The molecular weight excluding hydrogens is 448 g/mol. The van der Waals surface area contributed by atoms with Gasteiger partial charge in [-0.1, -0.05) is 54.6 Å². The molecule has 8 nitrogen and oxygen atoms in total. The van der Waals surface area contributed by atoms with Crippen LogP contribution in [0.15, 0.2) is 54.6 Å². The number of rotatable bonds is 6. The lowest BCUT2D eigenvalue weighted by atomic mass is 9.78. The summed E-state index contributed by atoms with van der Waals surface area (Å²) in [6.45, 7) is 1.41. The van der Waals surface area contributed by atoms with Crippen molar-refractivity contribution in [3.05, 3.63) is 60.2 Å². The highest BCUT2D eigenvalue weighted by Crippen LogP contribution is 2.53. The van der Waals surface area contributed by atoms with Crippen molar-refractivity contribution in [1.29, 1.82) is 0 Å². The molecule has 0 bridgehead atoms. The van der Waals surface area contributed by atoms with Crippen LogP contribution in [0.25, 0.3) is 0 Å². The molecule has 4 heterocycles. The van der Waals surface area contributed by atoms with Crippen molar-refractivity contribution in [2.45, 2.75) is 50.0 Å². The predicted octanol–water partition coefficient (Wildman–Crippen LogP) is 1.83. The highest BCUT2D eigenvalue weighted by atomic mass is 16.6. The molecule has 1 aromatic carbocycles. The van der Waals surface area contributed by atoms with Crippen LogP contribution in [0.2, 0.25) is 0 Å². The predicted molar refractivity (Wildman–Crippen MR) is 127 cm³/mol. The number of nitrogens with zero attached hydrogens (tertiary/aromatic N) is 2. The fourth-order valence-electron chi connectivity index (χ4n) is 5.88. The zero-order valence-electron chi connectivity index (χ0n) is 19.8. The Morgan fingerprint density at radius 2 is 1.89 bits per heavy atom. The summed E-state index contributed by atoms with van der Waals surface area (Å²) in [5.41, 5.74) is -0.244. The molecule has 4 aliphatic heterocycles. The summed E-state index contributed by atoms with van der Waals surface area (Å²) in [4.78, 5) is 44.4. The number of esters is 1. The molecule has 2 amide bonds. The van der Waals surface area contributed by atoms with Crippen LogP contribution in [0, 0.1) is 11.8 Å². The van der Waals surface area contributed by atoms with Gasteiger partial charge in [-0.3, -0.25) is 14.4 Å². The van der Waals surface area contributed by atoms with Gasteiger partial charge in [-0.15, -0.1) is 0 Å². The van der Waals surface area contributed by atoms with Gasteiger partial charge in [0.25, 0.3) is 0 Å². The van der Waals surface area contributed by atoms with Gasteiger partial charge >= 0.3 is 5.97 Å². The number of fused-ring (bicyclic) bond motifs is 2. The molecule has 1 N–H and O–H groups in total. The quantitative estimate of drug-likeness (QED) is 0.379. The van der Waals surface area contributed by atoms with Gasteiger partial charge in [-0.2, -0.15) is 0 Å². The molecule has 1 aromatic rings. The molecule has 0 saturated carbocycles. The Bertz CT molecular complexity index is 1020. The summed E-state index contributed by atoms with van der Waals surface area (Å²) in [6, 6.07) is 8.86. The van der Waals surface area contributed by atoms with E-state index < -0.39 is 35.6 Å². The van der Waals surface area contributed by atoms with E-state index in [-0.39, 0.29) is 18.4 Å². The molecule has 1 spiro atoms. The van der Waals surface area contributed by atoms with Crippen LogP contribution in [0.3, 0.4) is 0 Å². The number of carbonyl (C=O) groups is 3. The summed E-state index contributed by atoms with van der Waals surface area (Å²) < 4.78 is 12.1. The maximum Gasteiger partial charge on any atom is 0.312 e. The second-order valence-electron chi connectivity index (χ2n) is 9.65. The molecule has 0 radical (unpaired) electrons. The number of unbranched alkanes of at least 4 members (excludes halogenated alkanes) is 1. The lowest BCUT2D eigenvalue weighted by Gasteiger charge is -2.35. The Morgan fingerprint density at radius 3 is 2.69 bits per heavy atom. The van der Waals surface area contributed by atoms with Crippen molar-refractivity contribution in [2.75, 3.05) is 26.3 Å². The number of carbonyl (C=O) groups excluding carboxylic acids is 3. The van der Waals surface area contributed by atoms with Crippen molar-refractivity contribution in [3.63, 3.8) is 0 Å². The lowest BCUT2D eigenvalue weighted by molar-refractivity contribution is -0.154. The maximum atomic E-state index is 14.1. The molecule has 0 aromatic heterocycles. The maximum absolute atomic E-state index is 14.1. The standard InChI is InChI=1S/C27H32N2O6/c30-16-7-6-15-29-23-25(32)28(18-19-10-3-1-4-11-19)14-9-13-27(23)22(24(29)31)21-20(35-27)12-5-2-8-17-34-26(21)33/h1,3-5,9-13,20-23,30H,2,6-8,14-18H2/b12-5-/t20-,21+,22+,23?,27+/m1/s1. The number of aliphatic hydroxyl groups is 1. The molecule has 2 saturated heterocycles. The highest BCUT2D eigenvalue weighted by molar-refractivity contribution is 5.99. The molecule has 8 heteroatoms. The van der Waals surface area contributed by atoms with Gasteiger partial charge in [0, 0.05) is 26.2 Å². The normalized spacial score (nSPS) is 33.2.